The van der Waals surface area contributed by atoms with E-state index < -0.39 is 61.1 Å². The Morgan fingerprint density at radius 1 is 0.809 bits per heavy atom. The molecular weight excluding hydrogens is 654 g/mol. The number of hydrogen-bond donors (Lipinski definition) is 11. The van der Waals surface area contributed by atoms with Crippen molar-refractivity contribution < 1.29 is 83.9 Å². The first-order valence-corrected chi connectivity index (χ1v) is 15.5. The molecule has 0 bridgehead atoms. The Hall–Kier alpha value is -1.33. The summed E-state index contributed by atoms with van der Waals surface area (Å²) in [6.45, 7) is 3.36. The predicted molar refractivity (Wildman–Crippen MR) is 166 cm³/mol. The first-order valence-electron chi connectivity index (χ1n) is 14.8. The van der Waals surface area contributed by atoms with Crippen LogP contribution in [0.25, 0.3) is 0 Å². The Morgan fingerprint density at radius 3 is 1.91 bits per heavy atom. The molecule has 0 radical (unpaired) electrons. The van der Waals surface area contributed by atoms with Gasteiger partial charge in [-0.15, -0.1) is 0 Å². The van der Waals surface area contributed by atoms with Gasteiger partial charge in [-0.2, -0.15) is 0 Å². The summed E-state index contributed by atoms with van der Waals surface area (Å²) in [6, 6.07) is 0. The van der Waals surface area contributed by atoms with Crippen LogP contribution in [0.15, 0.2) is 0 Å². The van der Waals surface area contributed by atoms with Crippen LogP contribution in [0.5, 0.6) is 0 Å². The van der Waals surface area contributed by atoms with Gasteiger partial charge in [-0.3, -0.25) is 9.59 Å². The minimum absolute atomic E-state index is 0.0592. The number of carbonyl (C=O) groups excluding carboxylic acids is 1. The quantitative estimate of drug-likeness (QED) is 0.0405. The molecule has 0 aromatic rings. The summed E-state index contributed by atoms with van der Waals surface area (Å²) < 4.78 is 33.3. The Bertz CT molecular complexity index is 806. The molecule has 2 rings (SSSR count). The van der Waals surface area contributed by atoms with E-state index in [2.05, 4.69) is 10.1 Å². The van der Waals surface area contributed by atoms with Crippen LogP contribution < -0.4 is 11.1 Å². The molecule has 278 valence electrons. The van der Waals surface area contributed by atoms with Gasteiger partial charge in [-0.25, -0.2) is 0 Å². The molecule has 1 aliphatic heterocycles. The maximum atomic E-state index is 11.6. The van der Waals surface area contributed by atoms with E-state index in [0.29, 0.717) is 33.3 Å². The molecule has 21 heteroatoms. The summed E-state index contributed by atoms with van der Waals surface area (Å²) in [5.41, 5.74) is 5.30. The number of methoxy groups -OCH3 is 2. The Morgan fingerprint density at radius 2 is 1.36 bits per heavy atom. The van der Waals surface area contributed by atoms with E-state index >= 15 is 0 Å². The SMILES string of the molecule is COCCCOCCC(=O)NCC1O[C@H](O)C(O)[C@@H](O)[C@H]1O.COCCOCCC(=O)O.NCC1CC(O)C(O)[C@@H](O)[C@H]1O.O=BP. The second kappa shape index (κ2) is 29.6. The molecule has 1 heterocycles. The number of aliphatic carboxylic acids is 1. The van der Waals surface area contributed by atoms with Crippen LogP contribution >= 0.6 is 9.12 Å². The Labute approximate surface area is 276 Å². The average molecular weight is 709 g/mol. The normalized spacial score (nSPS) is 29.8. The molecule has 1 saturated heterocycles. The van der Waals surface area contributed by atoms with E-state index in [1.54, 1.807) is 14.2 Å². The van der Waals surface area contributed by atoms with Gasteiger partial charge in [-0.05, 0) is 19.4 Å². The van der Waals surface area contributed by atoms with E-state index in [1.807, 2.05) is 9.12 Å². The Kier molecular flexibility index (Phi) is 30.1. The molecule has 12 N–H and O–H groups in total. The first kappa shape index (κ1) is 47.8. The van der Waals surface area contributed by atoms with Gasteiger partial charge in [0.25, 0.3) is 0 Å². The van der Waals surface area contributed by atoms with Crippen molar-refractivity contribution in [2.45, 2.75) is 80.8 Å². The molecule has 1 aliphatic carbocycles. The summed E-state index contributed by atoms with van der Waals surface area (Å²) in [5.74, 6) is -1.48. The van der Waals surface area contributed by atoms with Crippen molar-refractivity contribution in [3.05, 3.63) is 0 Å². The van der Waals surface area contributed by atoms with Gasteiger partial charge in [-0.1, -0.05) is 0 Å². The van der Waals surface area contributed by atoms with Crippen LogP contribution in [0.4, 0.5) is 0 Å². The monoisotopic (exact) mass is 708 g/mol. The van der Waals surface area contributed by atoms with Crippen molar-refractivity contribution in [3.8, 4) is 0 Å². The number of nitrogens with one attached hydrogen (secondary N) is 1. The van der Waals surface area contributed by atoms with Crippen LogP contribution in [0, 0.1) is 5.92 Å². The molecule has 0 aromatic carbocycles. The zero-order valence-corrected chi connectivity index (χ0v) is 27.9. The van der Waals surface area contributed by atoms with E-state index in [0.717, 1.165) is 6.42 Å². The summed E-state index contributed by atoms with van der Waals surface area (Å²) in [6.07, 6.45) is -10.5. The second-order valence-electron chi connectivity index (χ2n) is 10.2. The van der Waals surface area contributed by atoms with Crippen LogP contribution in [0.1, 0.15) is 25.7 Å². The topological polar surface area (TPSA) is 317 Å². The molecule has 47 heavy (non-hydrogen) atoms. The minimum atomic E-state index is -1.61. The molecule has 2 fully saturated rings. The Balaban J connectivity index is 0. The molecule has 1 amide bonds. The van der Waals surface area contributed by atoms with Crippen molar-refractivity contribution in [2.24, 2.45) is 11.7 Å². The standard InChI is InChI=1S/C13H25NO8.C7H15NO4.C6H12O4.BH2OP/c1-20-4-2-5-21-6-3-9(15)14-7-8-10(16)11(17)12(18)13(19)22-8;8-2-3-1-4(9)6(11)7(12)5(3)10;1-9-4-5-10-3-2-6(7)8;2-1-3/h8,10-13,16-19H,2-7H2,1H3,(H,14,15);3-7,9-12H,1-2,8H2;2-5H2,1H3,(H,7,8);3H2/t8?,10-,11-,12?,13-;3?,4?,5-,6?,7-;;/m00../s1. The number of aliphatic hydroxyl groups is 8. The second-order valence-corrected chi connectivity index (χ2v) is 10.5. The van der Waals surface area contributed by atoms with Gasteiger partial charge in [0.2, 0.25) is 5.91 Å². The van der Waals surface area contributed by atoms with Gasteiger partial charge in [0.05, 0.1) is 45.1 Å². The third-order valence-corrected chi connectivity index (χ3v) is 6.61. The van der Waals surface area contributed by atoms with Crippen LogP contribution in [-0.2, 0) is 38.0 Å². The van der Waals surface area contributed by atoms with Crippen LogP contribution in [-0.4, -0.2) is 187 Å². The third-order valence-electron chi connectivity index (χ3n) is 6.61. The van der Waals surface area contributed by atoms with Gasteiger partial charge in [0.1, 0.15) is 36.6 Å². The molecular formula is C26H54BN2O17P. The third kappa shape index (κ3) is 22.1. The zero-order chi connectivity index (χ0) is 36.4. The fourth-order valence-electron chi connectivity index (χ4n) is 3.91. The average Bonchev–Trinajstić information content (AvgIpc) is 3.04. The molecule has 0 aromatic heterocycles. The van der Waals surface area contributed by atoms with Crippen molar-refractivity contribution in [1.82, 2.24) is 5.32 Å². The number of aliphatic hydroxyl groups excluding tert-OH is 8. The van der Waals surface area contributed by atoms with Crippen LogP contribution in [0.3, 0.4) is 0 Å². The maximum absolute atomic E-state index is 11.6. The predicted octanol–water partition coefficient (Wildman–Crippen LogP) is -5.30. The summed E-state index contributed by atoms with van der Waals surface area (Å²) >= 11 is 0. The number of carboxylic acid groups (broad SMARTS) is 1. The summed E-state index contributed by atoms with van der Waals surface area (Å²) in [5, 5.41) is 85.4. The number of carbonyl (C=O) groups is 2. The van der Waals surface area contributed by atoms with Crippen molar-refractivity contribution in [3.63, 3.8) is 0 Å². The van der Waals surface area contributed by atoms with Gasteiger partial charge >= 0.3 is 26.7 Å². The molecule has 11 atom stereocenters. The zero-order valence-electron chi connectivity index (χ0n) is 26.8. The molecule has 19 nitrogen and oxygen atoms in total. The van der Waals surface area contributed by atoms with Gasteiger partial charge in [0, 0.05) is 46.3 Å². The van der Waals surface area contributed by atoms with E-state index in [1.165, 1.54) is 0 Å². The molecule has 1 saturated carbocycles. The van der Waals surface area contributed by atoms with Crippen molar-refractivity contribution in [2.75, 3.05) is 67.0 Å². The van der Waals surface area contributed by atoms with E-state index in [9.17, 15) is 45.3 Å². The summed E-state index contributed by atoms with van der Waals surface area (Å²) in [7, 11) is 5.07. The number of rotatable bonds is 16. The van der Waals surface area contributed by atoms with Crippen LogP contribution in [0.2, 0.25) is 0 Å². The molecule has 6 unspecified atom stereocenters. The van der Waals surface area contributed by atoms with E-state index in [-0.39, 0.29) is 57.4 Å². The molecule has 0 spiro atoms. The number of hydrogen-bond acceptors (Lipinski definition) is 17. The first-order chi connectivity index (χ1) is 22.2. The number of nitrogens with two attached hydrogens (primary N) is 1. The van der Waals surface area contributed by atoms with Gasteiger partial charge < -0.3 is 80.7 Å². The fraction of sp³-hybridized carbons (Fsp3) is 0.923. The van der Waals surface area contributed by atoms with Crippen molar-refractivity contribution in [1.29, 1.82) is 0 Å². The van der Waals surface area contributed by atoms with E-state index in [4.69, 9.17) is 39.6 Å². The number of amides is 1. The number of carboxylic acids is 1. The van der Waals surface area contributed by atoms with Gasteiger partial charge in [0.15, 0.2) is 6.29 Å². The van der Waals surface area contributed by atoms with Crippen molar-refractivity contribution >= 4 is 27.9 Å². The fourth-order valence-corrected chi connectivity index (χ4v) is 3.91. The summed E-state index contributed by atoms with van der Waals surface area (Å²) in [4.78, 5) is 21.5. The molecule has 2 aliphatic rings. The number of ether oxygens (including phenoxy) is 5.